The number of carbonyl (C=O) groups is 1. The fourth-order valence-corrected chi connectivity index (χ4v) is 4.74. The van der Waals surface area contributed by atoms with Crippen molar-refractivity contribution in [1.82, 2.24) is 14.9 Å². The topological polar surface area (TPSA) is 58.1 Å². The van der Waals surface area contributed by atoms with Gasteiger partial charge in [-0.15, -0.1) is 11.3 Å². The third-order valence-electron chi connectivity index (χ3n) is 5.12. The predicted octanol–water partition coefficient (Wildman–Crippen LogP) is 3.84. The summed E-state index contributed by atoms with van der Waals surface area (Å²) in [6.07, 6.45) is 2.85. The maximum absolute atomic E-state index is 12.3. The molecule has 6 heteroatoms. The first kappa shape index (κ1) is 15.8. The van der Waals surface area contributed by atoms with Crippen LogP contribution in [0.25, 0.3) is 21.3 Å². The molecule has 1 amide bonds. The number of aryl methyl sites for hydroxylation is 1. The summed E-state index contributed by atoms with van der Waals surface area (Å²) in [5.41, 5.74) is 2.31. The summed E-state index contributed by atoms with van der Waals surface area (Å²) in [6.45, 7) is 2.70. The van der Waals surface area contributed by atoms with Gasteiger partial charge in [0.2, 0.25) is 5.91 Å². The molecule has 0 radical (unpaired) electrons. The molecule has 2 aliphatic rings. The third kappa shape index (κ3) is 2.74. The van der Waals surface area contributed by atoms with Gasteiger partial charge in [-0.05, 0) is 25.3 Å². The molecule has 5 nitrogen and oxygen atoms in total. The van der Waals surface area contributed by atoms with E-state index >= 15 is 0 Å². The van der Waals surface area contributed by atoms with Crippen molar-refractivity contribution in [2.75, 3.05) is 11.9 Å². The van der Waals surface area contributed by atoms with Crippen LogP contribution in [-0.4, -0.2) is 39.4 Å². The number of thiophene rings is 1. The van der Waals surface area contributed by atoms with E-state index in [4.69, 9.17) is 0 Å². The molecular formula is C20H20N4OS. The van der Waals surface area contributed by atoms with Gasteiger partial charge in [0.05, 0.1) is 11.4 Å². The summed E-state index contributed by atoms with van der Waals surface area (Å²) in [6, 6.07) is 10.9. The summed E-state index contributed by atoms with van der Waals surface area (Å²) in [5, 5.41) is 6.76. The Bertz CT molecular complexity index is 980. The smallest absolute Gasteiger partial charge is 0.225 e. The van der Waals surface area contributed by atoms with E-state index in [1.165, 1.54) is 0 Å². The summed E-state index contributed by atoms with van der Waals surface area (Å²) >= 11 is 1.64. The van der Waals surface area contributed by atoms with Crippen LogP contribution in [0, 0.1) is 6.92 Å². The fourth-order valence-electron chi connectivity index (χ4n) is 3.74. The highest BCUT2D eigenvalue weighted by atomic mass is 32.1. The molecule has 3 heterocycles. The number of nitrogens with zero attached hydrogens (tertiary/aromatic N) is 3. The molecule has 26 heavy (non-hydrogen) atoms. The molecule has 2 aromatic heterocycles. The molecule has 1 saturated carbocycles. The summed E-state index contributed by atoms with van der Waals surface area (Å²) in [4.78, 5) is 24.6. The number of hydrogen-bond acceptors (Lipinski definition) is 5. The lowest BCUT2D eigenvalue weighted by Gasteiger charge is -2.17. The highest BCUT2D eigenvalue weighted by Crippen LogP contribution is 2.38. The van der Waals surface area contributed by atoms with Crippen LogP contribution in [0.4, 0.5) is 5.82 Å². The van der Waals surface area contributed by atoms with Crippen molar-refractivity contribution >= 4 is 33.3 Å². The van der Waals surface area contributed by atoms with Gasteiger partial charge < -0.3 is 10.2 Å². The second-order valence-electron chi connectivity index (χ2n) is 7.14. The number of rotatable bonds is 4. The molecule has 0 spiro atoms. The molecule has 5 rings (SSSR count). The van der Waals surface area contributed by atoms with Crippen LogP contribution in [0.2, 0.25) is 0 Å². The molecule has 2 fully saturated rings. The van der Waals surface area contributed by atoms with Gasteiger partial charge in [0, 0.05) is 30.0 Å². The monoisotopic (exact) mass is 364 g/mol. The van der Waals surface area contributed by atoms with Crippen LogP contribution in [-0.2, 0) is 4.79 Å². The minimum atomic E-state index is 0.115. The Morgan fingerprint density at radius 2 is 2.00 bits per heavy atom. The molecule has 1 N–H and O–H groups in total. The fraction of sp³-hybridized carbons (Fsp3) is 0.350. The molecule has 1 aliphatic heterocycles. The van der Waals surface area contributed by atoms with Crippen molar-refractivity contribution in [2.24, 2.45) is 0 Å². The zero-order valence-corrected chi connectivity index (χ0v) is 15.4. The third-order valence-corrected chi connectivity index (χ3v) is 5.99. The van der Waals surface area contributed by atoms with E-state index in [2.05, 4.69) is 32.8 Å². The number of nitrogens with one attached hydrogen (secondary N) is 1. The highest BCUT2D eigenvalue weighted by molar-refractivity contribution is 7.17. The maximum atomic E-state index is 12.3. The number of amides is 1. The van der Waals surface area contributed by atoms with E-state index in [0.29, 0.717) is 12.5 Å². The van der Waals surface area contributed by atoms with E-state index in [9.17, 15) is 4.79 Å². The molecule has 1 aliphatic carbocycles. The van der Waals surface area contributed by atoms with Gasteiger partial charge in [-0.25, -0.2) is 9.97 Å². The van der Waals surface area contributed by atoms with Crippen LogP contribution in [0.1, 0.15) is 25.1 Å². The van der Waals surface area contributed by atoms with Crippen molar-refractivity contribution in [3.05, 3.63) is 41.5 Å². The molecule has 1 saturated heterocycles. The van der Waals surface area contributed by atoms with Gasteiger partial charge in [0.15, 0.2) is 0 Å². The van der Waals surface area contributed by atoms with Gasteiger partial charge in [-0.2, -0.15) is 0 Å². The molecule has 132 valence electrons. The zero-order chi connectivity index (χ0) is 17.7. The normalized spacial score (nSPS) is 20.1. The number of fused-ring (bicyclic) bond motifs is 1. The number of aromatic nitrogens is 2. The number of carbonyl (C=O) groups excluding carboxylic acids is 1. The van der Waals surface area contributed by atoms with Gasteiger partial charge in [-0.3, -0.25) is 4.79 Å². The van der Waals surface area contributed by atoms with Crippen LogP contribution in [0.5, 0.6) is 0 Å². The maximum Gasteiger partial charge on any atom is 0.225 e. The van der Waals surface area contributed by atoms with Gasteiger partial charge in [-0.1, -0.05) is 30.3 Å². The average Bonchev–Trinajstić information content (AvgIpc) is 3.28. The van der Waals surface area contributed by atoms with Crippen molar-refractivity contribution in [3.8, 4) is 11.1 Å². The van der Waals surface area contributed by atoms with E-state index in [1.54, 1.807) is 11.3 Å². The Labute approximate surface area is 156 Å². The summed E-state index contributed by atoms with van der Waals surface area (Å²) in [5.74, 6) is 1.87. The van der Waals surface area contributed by atoms with Crippen molar-refractivity contribution < 1.29 is 4.79 Å². The number of likely N-dealkylation sites (tertiary alicyclic amines) is 1. The van der Waals surface area contributed by atoms with Crippen LogP contribution < -0.4 is 5.32 Å². The van der Waals surface area contributed by atoms with E-state index in [1.807, 2.05) is 30.0 Å². The average molecular weight is 364 g/mol. The number of anilines is 1. The van der Waals surface area contributed by atoms with Crippen LogP contribution in [0.15, 0.2) is 35.7 Å². The second kappa shape index (κ2) is 6.06. The Morgan fingerprint density at radius 1 is 1.19 bits per heavy atom. The molecule has 0 bridgehead atoms. The molecule has 1 unspecified atom stereocenters. The van der Waals surface area contributed by atoms with Crippen LogP contribution >= 0.6 is 11.3 Å². The summed E-state index contributed by atoms with van der Waals surface area (Å²) in [7, 11) is 0. The second-order valence-corrected chi connectivity index (χ2v) is 8.00. The molecule has 3 aromatic rings. The lowest BCUT2D eigenvalue weighted by molar-refractivity contribution is -0.128. The lowest BCUT2D eigenvalue weighted by atomic mass is 10.1. The number of benzene rings is 1. The Kier molecular flexibility index (Phi) is 3.67. The Balaban J connectivity index is 1.52. The van der Waals surface area contributed by atoms with Gasteiger partial charge in [0.1, 0.15) is 16.5 Å². The largest absolute Gasteiger partial charge is 0.364 e. The van der Waals surface area contributed by atoms with Crippen molar-refractivity contribution in [2.45, 2.75) is 38.3 Å². The zero-order valence-electron chi connectivity index (χ0n) is 14.6. The highest BCUT2D eigenvalue weighted by Gasteiger charge is 2.39. The standard InChI is InChI=1S/C20H20N4OS/c1-12-21-19(23-14-9-17(25)24(10-14)15-7-8-15)18-16(11-26-20(18)22-12)13-5-3-2-4-6-13/h2-6,11,14-15H,7-10H2,1H3,(H,21,22,23). The summed E-state index contributed by atoms with van der Waals surface area (Å²) < 4.78 is 0. The van der Waals surface area contributed by atoms with Crippen molar-refractivity contribution in [3.63, 3.8) is 0 Å². The minimum absolute atomic E-state index is 0.115. The minimum Gasteiger partial charge on any atom is -0.364 e. The lowest BCUT2D eigenvalue weighted by Crippen LogP contribution is -2.30. The van der Waals surface area contributed by atoms with E-state index in [-0.39, 0.29) is 11.9 Å². The predicted molar refractivity (Wildman–Crippen MR) is 104 cm³/mol. The van der Waals surface area contributed by atoms with Gasteiger partial charge in [0.25, 0.3) is 0 Å². The molecule has 1 aromatic carbocycles. The first-order chi connectivity index (χ1) is 12.7. The van der Waals surface area contributed by atoms with Crippen LogP contribution in [0.3, 0.4) is 0 Å². The van der Waals surface area contributed by atoms with Gasteiger partial charge >= 0.3 is 0 Å². The first-order valence-electron chi connectivity index (χ1n) is 9.06. The van der Waals surface area contributed by atoms with E-state index < -0.39 is 0 Å². The Morgan fingerprint density at radius 3 is 2.77 bits per heavy atom. The SMILES string of the molecule is Cc1nc(NC2CC(=O)N(C3CC3)C2)c2c(-c3ccccc3)csc2n1. The molecule has 1 atom stereocenters. The Hall–Kier alpha value is -2.47. The van der Waals surface area contributed by atoms with E-state index in [0.717, 1.165) is 52.4 Å². The van der Waals surface area contributed by atoms with Crippen molar-refractivity contribution in [1.29, 1.82) is 0 Å². The number of hydrogen-bond donors (Lipinski definition) is 1. The molecular weight excluding hydrogens is 344 g/mol. The first-order valence-corrected chi connectivity index (χ1v) is 9.94. The quantitative estimate of drug-likeness (QED) is 0.764.